The Balaban J connectivity index is 2.27. The van der Waals surface area contributed by atoms with Crippen molar-refractivity contribution in [3.63, 3.8) is 0 Å². The van der Waals surface area contributed by atoms with Gasteiger partial charge in [-0.25, -0.2) is 9.67 Å². The van der Waals surface area contributed by atoms with Crippen LogP contribution in [0.15, 0.2) is 48.7 Å². The summed E-state index contributed by atoms with van der Waals surface area (Å²) in [5.41, 5.74) is 2.04. The van der Waals surface area contributed by atoms with Crippen LogP contribution < -0.4 is 0 Å². The first-order chi connectivity index (χ1) is 10.3. The van der Waals surface area contributed by atoms with Gasteiger partial charge in [-0.2, -0.15) is 5.10 Å². The molecule has 2 rings (SSSR count). The minimum atomic E-state index is -1.29. The van der Waals surface area contributed by atoms with E-state index in [1.54, 1.807) is 23.1 Å². The molecule has 0 saturated carbocycles. The standard InChI is InChI=1S/C16H22ClN3OSi/c1-22(2,3)10-4-9-16(21,11-20-13-18-12-19-20)14-5-7-15(17)8-6-14/h4-8,10,12-13,21H,9,11H2,1-3H3. The van der Waals surface area contributed by atoms with Gasteiger partial charge in [-0.15, -0.1) is 0 Å². The third kappa shape index (κ3) is 4.80. The van der Waals surface area contributed by atoms with Crippen molar-refractivity contribution in [3.8, 4) is 0 Å². The van der Waals surface area contributed by atoms with E-state index in [-0.39, 0.29) is 0 Å². The number of aromatic nitrogens is 3. The summed E-state index contributed by atoms with van der Waals surface area (Å²) in [7, 11) is -1.29. The van der Waals surface area contributed by atoms with Crippen molar-refractivity contribution in [1.82, 2.24) is 14.8 Å². The number of hydrogen-bond acceptors (Lipinski definition) is 3. The summed E-state index contributed by atoms with van der Waals surface area (Å²) in [6.07, 6.45) is 5.69. The van der Waals surface area contributed by atoms with Gasteiger partial charge in [0.05, 0.1) is 14.6 Å². The van der Waals surface area contributed by atoms with E-state index in [1.807, 2.05) is 12.1 Å². The van der Waals surface area contributed by atoms with E-state index in [0.29, 0.717) is 18.0 Å². The largest absolute Gasteiger partial charge is 0.383 e. The molecule has 1 aromatic carbocycles. The van der Waals surface area contributed by atoms with Gasteiger partial charge in [0.15, 0.2) is 0 Å². The van der Waals surface area contributed by atoms with Crippen LogP contribution in [0.1, 0.15) is 12.0 Å². The molecule has 0 amide bonds. The molecule has 4 nitrogen and oxygen atoms in total. The van der Waals surface area contributed by atoms with Crippen LogP contribution in [0.2, 0.25) is 24.7 Å². The lowest BCUT2D eigenvalue weighted by Gasteiger charge is -2.28. The highest BCUT2D eigenvalue weighted by molar-refractivity contribution is 6.80. The number of rotatable bonds is 6. The molecule has 0 spiro atoms. The lowest BCUT2D eigenvalue weighted by molar-refractivity contribution is 0.0178. The lowest BCUT2D eigenvalue weighted by Crippen LogP contribution is -2.31. The van der Waals surface area contributed by atoms with Gasteiger partial charge in [0.1, 0.15) is 18.3 Å². The average molecular weight is 336 g/mol. The molecule has 0 radical (unpaired) electrons. The number of aliphatic hydroxyl groups is 1. The fourth-order valence-corrected chi connectivity index (χ4v) is 3.17. The normalized spacial score (nSPS) is 15.1. The van der Waals surface area contributed by atoms with Gasteiger partial charge < -0.3 is 5.11 Å². The van der Waals surface area contributed by atoms with Crippen molar-refractivity contribution < 1.29 is 5.11 Å². The second-order valence-corrected chi connectivity index (χ2v) is 12.1. The molecular formula is C16H22ClN3OSi. The molecule has 1 atom stereocenters. The van der Waals surface area contributed by atoms with Gasteiger partial charge in [0.2, 0.25) is 0 Å². The zero-order valence-electron chi connectivity index (χ0n) is 13.2. The van der Waals surface area contributed by atoms with Crippen LogP contribution in [0.3, 0.4) is 0 Å². The summed E-state index contributed by atoms with van der Waals surface area (Å²) in [4.78, 5) is 3.94. The molecule has 6 heteroatoms. The van der Waals surface area contributed by atoms with Crippen molar-refractivity contribution in [3.05, 3.63) is 59.3 Å². The van der Waals surface area contributed by atoms with Crippen LogP contribution >= 0.6 is 11.6 Å². The molecule has 0 aliphatic carbocycles. The highest BCUT2D eigenvalue weighted by Gasteiger charge is 2.29. The maximum atomic E-state index is 11.2. The summed E-state index contributed by atoms with van der Waals surface area (Å²) in [6.45, 7) is 7.15. The van der Waals surface area contributed by atoms with Crippen LogP contribution in [0, 0.1) is 0 Å². The predicted octanol–water partition coefficient (Wildman–Crippen LogP) is 3.64. The summed E-state index contributed by atoms with van der Waals surface area (Å²) in [5, 5.41) is 15.9. The van der Waals surface area contributed by atoms with Crippen LogP contribution in [-0.4, -0.2) is 27.9 Å². The molecule has 0 fully saturated rings. The Morgan fingerprint density at radius 2 is 1.95 bits per heavy atom. The molecule has 0 saturated heterocycles. The Labute approximate surface area is 137 Å². The van der Waals surface area contributed by atoms with E-state index >= 15 is 0 Å². The molecule has 1 unspecified atom stereocenters. The second kappa shape index (κ2) is 6.77. The second-order valence-electron chi connectivity index (χ2n) is 6.60. The summed E-state index contributed by atoms with van der Waals surface area (Å²) in [6, 6.07) is 7.32. The fourth-order valence-electron chi connectivity index (χ4n) is 2.22. The monoisotopic (exact) mass is 335 g/mol. The Morgan fingerprint density at radius 3 is 2.50 bits per heavy atom. The highest BCUT2D eigenvalue weighted by Crippen LogP contribution is 2.29. The maximum absolute atomic E-state index is 11.2. The van der Waals surface area contributed by atoms with E-state index in [4.69, 9.17) is 11.6 Å². The van der Waals surface area contributed by atoms with E-state index in [9.17, 15) is 5.11 Å². The lowest BCUT2D eigenvalue weighted by atomic mass is 9.90. The van der Waals surface area contributed by atoms with Gasteiger partial charge >= 0.3 is 0 Å². The minimum Gasteiger partial charge on any atom is -0.383 e. The van der Waals surface area contributed by atoms with Gasteiger partial charge in [-0.05, 0) is 24.1 Å². The van der Waals surface area contributed by atoms with Crippen molar-refractivity contribution >= 4 is 19.7 Å². The molecule has 1 aromatic heterocycles. The van der Waals surface area contributed by atoms with Crippen LogP contribution in [-0.2, 0) is 12.1 Å². The Hall–Kier alpha value is -1.43. The minimum absolute atomic E-state index is 0.352. The van der Waals surface area contributed by atoms with Crippen molar-refractivity contribution in [2.24, 2.45) is 0 Å². The summed E-state index contributed by atoms with van der Waals surface area (Å²) < 4.78 is 1.65. The smallest absolute Gasteiger partial charge is 0.137 e. The molecule has 0 bridgehead atoms. The summed E-state index contributed by atoms with van der Waals surface area (Å²) in [5.74, 6) is 0. The molecule has 0 aliphatic rings. The maximum Gasteiger partial charge on any atom is 0.137 e. The van der Waals surface area contributed by atoms with Gasteiger partial charge in [0, 0.05) is 5.02 Å². The van der Waals surface area contributed by atoms with Crippen LogP contribution in [0.5, 0.6) is 0 Å². The number of hydrogen-bond donors (Lipinski definition) is 1. The number of halogens is 1. The molecule has 1 N–H and O–H groups in total. The number of nitrogens with zero attached hydrogens (tertiary/aromatic N) is 3. The van der Waals surface area contributed by atoms with Gasteiger partial charge in [-0.3, -0.25) is 0 Å². The molecule has 118 valence electrons. The van der Waals surface area contributed by atoms with Crippen molar-refractivity contribution in [1.29, 1.82) is 0 Å². The third-order valence-electron chi connectivity index (χ3n) is 3.35. The van der Waals surface area contributed by atoms with E-state index < -0.39 is 13.7 Å². The third-order valence-corrected chi connectivity index (χ3v) is 4.83. The molecule has 22 heavy (non-hydrogen) atoms. The first-order valence-electron chi connectivity index (χ1n) is 7.27. The molecule has 2 aromatic rings. The van der Waals surface area contributed by atoms with Gasteiger partial charge in [0.25, 0.3) is 0 Å². The Bertz CT molecular complexity index is 620. The number of benzene rings is 1. The average Bonchev–Trinajstić information content (AvgIpc) is 2.90. The quantitative estimate of drug-likeness (QED) is 0.820. The fraction of sp³-hybridized carbons (Fsp3) is 0.375. The Kier molecular flexibility index (Phi) is 5.21. The molecular weight excluding hydrogens is 314 g/mol. The highest BCUT2D eigenvalue weighted by atomic mass is 35.5. The molecule has 1 heterocycles. The van der Waals surface area contributed by atoms with E-state index in [1.165, 1.54) is 6.33 Å². The predicted molar refractivity (Wildman–Crippen MR) is 92.5 cm³/mol. The van der Waals surface area contributed by atoms with Crippen molar-refractivity contribution in [2.75, 3.05) is 0 Å². The first-order valence-corrected chi connectivity index (χ1v) is 11.2. The topological polar surface area (TPSA) is 50.9 Å². The summed E-state index contributed by atoms with van der Waals surface area (Å²) >= 11 is 5.95. The van der Waals surface area contributed by atoms with E-state index in [0.717, 1.165) is 5.56 Å². The van der Waals surface area contributed by atoms with E-state index in [2.05, 4.69) is 41.5 Å². The zero-order chi connectivity index (χ0) is 16.2. The van der Waals surface area contributed by atoms with Crippen LogP contribution in [0.25, 0.3) is 0 Å². The van der Waals surface area contributed by atoms with Crippen molar-refractivity contribution in [2.45, 2.75) is 38.2 Å². The van der Waals surface area contributed by atoms with Gasteiger partial charge in [-0.1, -0.05) is 55.2 Å². The van der Waals surface area contributed by atoms with Crippen LogP contribution in [0.4, 0.5) is 0 Å². The zero-order valence-corrected chi connectivity index (χ0v) is 15.0. The SMILES string of the molecule is C[Si](C)(C)C=CCC(O)(Cn1cncn1)c1ccc(Cl)cc1. The molecule has 0 aliphatic heterocycles. The Morgan fingerprint density at radius 1 is 1.27 bits per heavy atom. The first kappa shape index (κ1) is 16.9.